The first kappa shape index (κ1) is 14.7. The van der Waals surface area contributed by atoms with Gasteiger partial charge in [-0.25, -0.2) is 4.98 Å². The van der Waals surface area contributed by atoms with Gasteiger partial charge >= 0.3 is 5.97 Å². The van der Waals surface area contributed by atoms with Gasteiger partial charge in [-0.1, -0.05) is 30.3 Å². The maximum Gasteiger partial charge on any atom is 0.307 e. The fourth-order valence-corrected chi connectivity index (χ4v) is 3.36. The fourth-order valence-electron chi connectivity index (χ4n) is 2.35. The van der Waals surface area contributed by atoms with Gasteiger partial charge in [0.2, 0.25) is 5.91 Å². The summed E-state index contributed by atoms with van der Waals surface area (Å²) in [6.45, 7) is 2.32. The maximum absolute atomic E-state index is 11.9. The highest BCUT2D eigenvalue weighted by Crippen LogP contribution is 2.38. The topological polar surface area (TPSA) is 79.3 Å². The van der Waals surface area contributed by atoms with Crippen LogP contribution in [0.25, 0.3) is 10.6 Å². The van der Waals surface area contributed by atoms with Crippen LogP contribution in [-0.4, -0.2) is 22.0 Å². The molecular weight excluding hydrogens is 300 g/mol. The normalized spacial score (nSPS) is 19.7. The molecule has 1 heterocycles. The number of benzene rings is 1. The van der Waals surface area contributed by atoms with Crippen LogP contribution >= 0.6 is 11.3 Å². The third-order valence-corrected chi connectivity index (χ3v) is 4.99. The van der Waals surface area contributed by atoms with Gasteiger partial charge in [-0.2, -0.15) is 0 Å². The molecule has 1 fully saturated rings. The Labute approximate surface area is 132 Å². The van der Waals surface area contributed by atoms with E-state index in [4.69, 9.17) is 5.11 Å². The van der Waals surface area contributed by atoms with Crippen molar-refractivity contribution in [3.8, 4) is 10.6 Å². The molecule has 6 heteroatoms. The van der Waals surface area contributed by atoms with E-state index in [0.29, 0.717) is 13.0 Å². The minimum atomic E-state index is -0.888. The first-order valence-electron chi connectivity index (χ1n) is 7.08. The number of thiazole rings is 1. The SMILES string of the molecule is Cc1nc(-c2ccccc2)sc1CNC(=O)[C@H]1C[C@@H]1C(=O)O. The number of nitrogens with one attached hydrogen (secondary N) is 1. The van der Waals surface area contributed by atoms with Gasteiger partial charge in [-0.05, 0) is 13.3 Å². The zero-order valence-electron chi connectivity index (χ0n) is 12.1. The van der Waals surface area contributed by atoms with E-state index >= 15 is 0 Å². The number of nitrogens with zero attached hydrogens (tertiary/aromatic N) is 1. The van der Waals surface area contributed by atoms with E-state index in [2.05, 4.69) is 10.3 Å². The number of aryl methyl sites for hydroxylation is 1. The van der Waals surface area contributed by atoms with Gasteiger partial charge in [0.25, 0.3) is 0 Å². The predicted molar refractivity (Wildman–Crippen MR) is 83.4 cm³/mol. The van der Waals surface area contributed by atoms with Crippen molar-refractivity contribution in [1.82, 2.24) is 10.3 Å². The second-order valence-corrected chi connectivity index (χ2v) is 6.48. The zero-order chi connectivity index (χ0) is 15.7. The van der Waals surface area contributed by atoms with Crippen LogP contribution in [0.2, 0.25) is 0 Å². The summed E-state index contributed by atoms with van der Waals surface area (Å²) >= 11 is 1.55. The van der Waals surface area contributed by atoms with Crippen LogP contribution in [0.4, 0.5) is 0 Å². The molecule has 0 spiro atoms. The van der Waals surface area contributed by atoms with Gasteiger partial charge in [-0.15, -0.1) is 11.3 Å². The summed E-state index contributed by atoms with van der Waals surface area (Å²) in [4.78, 5) is 28.2. The van der Waals surface area contributed by atoms with E-state index in [1.807, 2.05) is 37.3 Å². The molecule has 3 rings (SSSR count). The van der Waals surface area contributed by atoms with Crippen LogP contribution in [0.3, 0.4) is 0 Å². The lowest BCUT2D eigenvalue weighted by molar-refractivity contribution is -0.140. The van der Waals surface area contributed by atoms with Crippen molar-refractivity contribution in [2.45, 2.75) is 19.9 Å². The van der Waals surface area contributed by atoms with E-state index in [0.717, 1.165) is 21.1 Å². The molecule has 2 aromatic rings. The lowest BCUT2D eigenvalue weighted by Crippen LogP contribution is -2.25. The number of carbonyl (C=O) groups excluding carboxylic acids is 1. The number of rotatable bonds is 5. The second kappa shape index (κ2) is 5.88. The monoisotopic (exact) mass is 316 g/mol. The molecule has 2 N–H and O–H groups in total. The van der Waals surface area contributed by atoms with Crippen LogP contribution in [0.15, 0.2) is 30.3 Å². The van der Waals surface area contributed by atoms with Gasteiger partial charge < -0.3 is 10.4 Å². The van der Waals surface area contributed by atoms with Crippen LogP contribution in [0.5, 0.6) is 0 Å². The fraction of sp³-hybridized carbons (Fsp3) is 0.312. The summed E-state index contributed by atoms with van der Waals surface area (Å²) < 4.78 is 0. The van der Waals surface area contributed by atoms with E-state index in [1.54, 1.807) is 11.3 Å². The molecule has 0 bridgehead atoms. The standard InChI is InChI=1S/C16H16N2O3S/c1-9-13(8-17-14(19)11-7-12(11)16(20)21)22-15(18-9)10-5-3-2-4-6-10/h2-6,11-12H,7-8H2,1H3,(H,17,19)(H,20,21)/t11-,12-/m0/s1. The Hall–Kier alpha value is -2.21. The number of carboxylic acids is 1. The third kappa shape index (κ3) is 3.01. The lowest BCUT2D eigenvalue weighted by atomic mass is 10.2. The number of aliphatic carboxylic acids is 1. The highest BCUT2D eigenvalue weighted by Gasteiger charge is 2.48. The maximum atomic E-state index is 11.9. The van der Waals surface area contributed by atoms with Gasteiger partial charge in [-0.3, -0.25) is 9.59 Å². The minimum Gasteiger partial charge on any atom is -0.481 e. The van der Waals surface area contributed by atoms with E-state index < -0.39 is 11.9 Å². The van der Waals surface area contributed by atoms with Crippen molar-refractivity contribution < 1.29 is 14.7 Å². The molecule has 1 saturated carbocycles. The first-order chi connectivity index (χ1) is 10.6. The highest BCUT2D eigenvalue weighted by molar-refractivity contribution is 7.15. The van der Waals surface area contributed by atoms with Crippen LogP contribution in [-0.2, 0) is 16.1 Å². The molecule has 0 radical (unpaired) electrons. The summed E-state index contributed by atoms with van der Waals surface area (Å²) in [5.41, 5.74) is 1.95. The molecule has 0 unspecified atom stereocenters. The van der Waals surface area contributed by atoms with Crippen LogP contribution in [0, 0.1) is 18.8 Å². The lowest BCUT2D eigenvalue weighted by Gasteiger charge is -2.02. The van der Waals surface area contributed by atoms with E-state index in [1.165, 1.54) is 0 Å². The number of carbonyl (C=O) groups is 2. The van der Waals surface area contributed by atoms with Gasteiger partial charge in [0, 0.05) is 10.4 Å². The van der Waals surface area contributed by atoms with Crippen LogP contribution in [0.1, 0.15) is 17.0 Å². The van der Waals surface area contributed by atoms with Crippen LogP contribution < -0.4 is 5.32 Å². The quantitative estimate of drug-likeness (QED) is 0.888. The van der Waals surface area contributed by atoms with Gasteiger partial charge in [0.05, 0.1) is 24.1 Å². The van der Waals surface area contributed by atoms with Crippen molar-refractivity contribution in [3.63, 3.8) is 0 Å². The Morgan fingerprint density at radius 1 is 1.32 bits per heavy atom. The molecular formula is C16H16N2O3S. The van der Waals surface area contributed by atoms with Crippen molar-refractivity contribution in [1.29, 1.82) is 0 Å². The molecule has 1 aromatic carbocycles. The molecule has 2 atom stereocenters. The number of aromatic nitrogens is 1. The molecule has 1 aliphatic rings. The average Bonchev–Trinajstić information content (AvgIpc) is 3.24. The zero-order valence-corrected chi connectivity index (χ0v) is 12.9. The summed E-state index contributed by atoms with van der Waals surface area (Å²) in [6, 6.07) is 9.89. The Bertz CT molecular complexity index is 711. The Balaban J connectivity index is 1.63. The average molecular weight is 316 g/mol. The first-order valence-corrected chi connectivity index (χ1v) is 7.90. The van der Waals surface area contributed by atoms with Crippen molar-refractivity contribution in [2.24, 2.45) is 11.8 Å². The van der Waals surface area contributed by atoms with Crippen molar-refractivity contribution in [2.75, 3.05) is 0 Å². The number of hydrogen-bond donors (Lipinski definition) is 2. The Kier molecular flexibility index (Phi) is 3.94. The summed E-state index contributed by atoms with van der Waals surface area (Å²) in [6.07, 6.45) is 0.443. The predicted octanol–water partition coefficient (Wildman–Crippen LogP) is 2.46. The largest absolute Gasteiger partial charge is 0.481 e. The summed E-state index contributed by atoms with van der Waals surface area (Å²) in [7, 11) is 0. The Morgan fingerprint density at radius 2 is 2.05 bits per heavy atom. The van der Waals surface area contributed by atoms with E-state index in [-0.39, 0.29) is 11.8 Å². The minimum absolute atomic E-state index is 0.179. The summed E-state index contributed by atoms with van der Waals surface area (Å²) in [5, 5.41) is 12.6. The molecule has 1 aliphatic carbocycles. The number of amides is 1. The molecule has 114 valence electrons. The molecule has 0 saturated heterocycles. The molecule has 1 amide bonds. The van der Waals surface area contributed by atoms with Crippen molar-refractivity contribution >= 4 is 23.2 Å². The second-order valence-electron chi connectivity index (χ2n) is 5.40. The molecule has 22 heavy (non-hydrogen) atoms. The third-order valence-electron chi connectivity index (χ3n) is 3.78. The Morgan fingerprint density at radius 3 is 2.68 bits per heavy atom. The smallest absolute Gasteiger partial charge is 0.307 e. The molecule has 0 aliphatic heterocycles. The van der Waals surface area contributed by atoms with Gasteiger partial charge in [0.1, 0.15) is 5.01 Å². The molecule has 5 nitrogen and oxygen atoms in total. The van der Waals surface area contributed by atoms with E-state index in [9.17, 15) is 9.59 Å². The van der Waals surface area contributed by atoms with Crippen molar-refractivity contribution in [3.05, 3.63) is 40.9 Å². The number of hydrogen-bond acceptors (Lipinski definition) is 4. The summed E-state index contributed by atoms with van der Waals surface area (Å²) in [5.74, 6) is -1.95. The van der Waals surface area contributed by atoms with Gasteiger partial charge in [0.15, 0.2) is 0 Å². The molecule has 1 aromatic heterocycles. The highest BCUT2D eigenvalue weighted by atomic mass is 32.1. The number of carboxylic acid groups (broad SMARTS) is 1.